The third kappa shape index (κ3) is 4.42. The molecule has 0 bridgehead atoms. The number of sulfone groups is 1. The van der Waals surface area contributed by atoms with Gasteiger partial charge in [-0.3, -0.25) is 0 Å². The van der Waals surface area contributed by atoms with Crippen molar-refractivity contribution >= 4 is 9.84 Å². The number of hydrogen-bond donors (Lipinski definition) is 1. The lowest BCUT2D eigenvalue weighted by Gasteiger charge is -2.21. The monoisotopic (exact) mass is 247 g/mol. The van der Waals surface area contributed by atoms with Gasteiger partial charge in [0, 0.05) is 6.04 Å². The molecule has 1 aliphatic rings. The molecule has 0 aromatic carbocycles. The summed E-state index contributed by atoms with van der Waals surface area (Å²) in [6, 6.07) is 0.168. The first kappa shape index (κ1) is 14.0. The Hall–Kier alpha value is -0.0900. The Bertz CT molecular complexity index is 281. The van der Waals surface area contributed by atoms with E-state index in [1.807, 2.05) is 6.92 Å². The third-order valence-corrected chi connectivity index (χ3v) is 5.93. The zero-order valence-electron chi connectivity index (χ0n) is 10.3. The Labute approximate surface area is 99.7 Å². The maximum Gasteiger partial charge on any atom is 0.153 e. The summed E-state index contributed by atoms with van der Waals surface area (Å²) in [5.74, 6) is 0.339. The first-order valence-corrected chi connectivity index (χ1v) is 8.25. The van der Waals surface area contributed by atoms with Gasteiger partial charge in [-0.05, 0) is 32.1 Å². The van der Waals surface area contributed by atoms with E-state index < -0.39 is 9.84 Å². The van der Waals surface area contributed by atoms with Gasteiger partial charge in [-0.25, -0.2) is 8.42 Å². The molecule has 0 amide bonds. The van der Waals surface area contributed by atoms with Crippen molar-refractivity contribution in [1.82, 2.24) is 0 Å². The van der Waals surface area contributed by atoms with Crippen molar-refractivity contribution in [3.8, 4) is 0 Å². The highest BCUT2D eigenvalue weighted by molar-refractivity contribution is 7.92. The quantitative estimate of drug-likeness (QED) is 0.783. The molecule has 96 valence electrons. The van der Waals surface area contributed by atoms with Crippen LogP contribution in [0.2, 0.25) is 0 Å². The van der Waals surface area contributed by atoms with Crippen LogP contribution in [0, 0.1) is 0 Å². The highest BCUT2D eigenvalue weighted by Crippen LogP contribution is 2.24. The van der Waals surface area contributed by atoms with Crippen molar-refractivity contribution in [3.05, 3.63) is 0 Å². The van der Waals surface area contributed by atoms with E-state index in [0.717, 1.165) is 44.9 Å². The smallest absolute Gasteiger partial charge is 0.153 e. The Morgan fingerprint density at radius 2 is 1.88 bits per heavy atom. The largest absolute Gasteiger partial charge is 0.328 e. The van der Waals surface area contributed by atoms with Gasteiger partial charge in [-0.2, -0.15) is 0 Å². The highest BCUT2D eigenvalue weighted by Gasteiger charge is 2.26. The van der Waals surface area contributed by atoms with Gasteiger partial charge in [0.25, 0.3) is 0 Å². The molecule has 0 heterocycles. The summed E-state index contributed by atoms with van der Waals surface area (Å²) in [7, 11) is -2.84. The van der Waals surface area contributed by atoms with E-state index in [9.17, 15) is 8.42 Å². The van der Waals surface area contributed by atoms with Crippen molar-refractivity contribution in [3.63, 3.8) is 0 Å². The van der Waals surface area contributed by atoms with Crippen molar-refractivity contribution in [2.24, 2.45) is 5.73 Å². The van der Waals surface area contributed by atoms with Crippen molar-refractivity contribution in [1.29, 1.82) is 0 Å². The molecule has 0 aliphatic heterocycles. The highest BCUT2D eigenvalue weighted by atomic mass is 32.2. The molecule has 16 heavy (non-hydrogen) atoms. The second-order valence-electron chi connectivity index (χ2n) is 4.94. The molecule has 1 unspecified atom stereocenters. The summed E-state index contributed by atoms with van der Waals surface area (Å²) >= 11 is 0. The lowest BCUT2D eigenvalue weighted by atomic mass is 10.0. The van der Waals surface area contributed by atoms with Crippen LogP contribution in [-0.2, 0) is 9.84 Å². The molecule has 3 nitrogen and oxygen atoms in total. The molecular formula is C12H25NO2S. The van der Waals surface area contributed by atoms with Crippen molar-refractivity contribution in [2.45, 2.75) is 69.6 Å². The molecule has 2 N–H and O–H groups in total. The average molecular weight is 247 g/mol. The van der Waals surface area contributed by atoms with Gasteiger partial charge in [-0.1, -0.05) is 26.2 Å². The molecule has 1 rings (SSSR count). The fourth-order valence-electron chi connectivity index (χ4n) is 2.34. The zero-order chi connectivity index (χ0) is 12.0. The minimum atomic E-state index is -2.84. The van der Waals surface area contributed by atoms with Gasteiger partial charge >= 0.3 is 0 Å². The molecular weight excluding hydrogens is 222 g/mol. The number of rotatable bonds is 6. The second-order valence-corrected chi connectivity index (χ2v) is 7.34. The number of hydrogen-bond acceptors (Lipinski definition) is 3. The maximum absolute atomic E-state index is 12.0. The molecule has 1 atom stereocenters. The summed E-state index contributed by atoms with van der Waals surface area (Å²) in [4.78, 5) is 0. The van der Waals surface area contributed by atoms with Crippen LogP contribution in [0.25, 0.3) is 0 Å². The summed E-state index contributed by atoms with van der Waals surface area (Å²) in [5.41, 5.74) is 5.79. The Balaban J connectivity index is 2.33. The van der Waals surface area contributed by atoms with E-state index in [1.165, 1.54) is 6.42 Å². The summed E-state index contributed by atoms with van der Waals surface area (Å²) < 4.78 is 24.0. The SMILES string of the molecule is CCC(N)CCCS(=O)(=O)C1CCCCC1. The number of nitrogens with two attached hydrogens (primary N) is 1. The Kier molecular flexibility index (Phi) is 5.76. The zero-order valence-corrected chi connectivity index (χ0v) is 11.1. The van der Waals surface area contributed by atoms with Crippen LogP contribution in [-0.4, -0.2) is 25.5 Å². The van der Waals surface area contributed by atoms with Crippen LogP contribution in [0.15, 0.2) is 0 Å². The molecule has 0 radical (unpaired) electrons. The minimum Gasteiger partial charge on any atom is -0.328 e. The molecule has 1 aliphatic carbocycles. The van der Waals surface area contributed by atoms with Crippen LogP contribution in [0.5, 0.6) is 0 Å². The topological polar surface area (TPSA) is 60.2 Å². The third-order valence-electron chi connectivity index (χ3n) is 3.59. The fraction of sp³-hybridized carbons (Fsp3) is 1.00. The van der Waals surface area contributed by atoms with Gasteiger partial charge in [0.1, 0.15) is 0 Å². The summed E-state index contributed by atoms with van der Waals surface area (Å²) in [5, 5.41) is -0.0564. The van der Waals surface area contributed by atoms with Crippen LogP contribution in [0.4, 0.5) is 0 Å². The van der Waals surface area contributed by atoms with E-state index in [4.69, 9.17) is 5.73 Å². The first-order chi connectivity index (χ1) is 7.56. The molecule has 0 aromatic heterocycles. The van der Waals surface area contributed by atoms with Gasteiger partial charge in [0.15, 0.2) is 9.84 Å². The predicted octanol–water partition coefficient (Wildman–Crippen LogP) is 2.25. The van der Waals surface area contributed by atoms with Crippen LogP contribution in [0.1, 0.15) is 58.3 Å². The summed E-state index contributed by atoms with van der Waals surface area (Å²) in [6.45, 7) is 2.04. The Morgan fingerprint density at radius 3 is 2.44 bits per heavy atom. The van der Waals surface area contributed by atoms with Gasteiger partial charge in [0.2, 0.25) is 0 Å². The van der Waals surface area contributed by atoms with E-state index in [1.54, 1.807) is 0 Å². The van der Waals surface area contributed by atoms with Crippen molar-refractivity contribution in [2.75, 3.05) is 5.75 Å². The van der Waals surface area contributed by atoms with Crippen molar-refractivity contribution < 1.29 is 8.42 Å². The fourth-order valence-corrected chi connectivity index (χ4v) is 4.30. The van der Waals surface area contributed by atoms with Gasteiger partial charge in [-0.15, -0.1) is 0 Å². The normalized spacial score (nSPS) is 20.9. The molecule has 1 fully saturated rings. The molecule has 4 heteroatoms. The first-order valence-electron chi connectivity index (χ1n) is 6.53. The van der Waals surface area contributed by atoms with Crippen LogP contribution < -0.4 is 5.73 Å². The van der Waals surface area contributed by atoms with E-state index in [-0.39, 0.29) is 11.3 Å². The molecule has 1 saturated carbocycles. The van der Waals surface area contributed by atoms with Crippen LogP contribution in [0.3, 0.4) is 0 Å². The standard InChI is InChI=1S/C12H25NO2S/c1-2-11(13)7-6-10-16(14,15)12-8-4-3-5-9-12/h11-12H,2-10,13H2,1H3. The van der Waals surface area contributed by atoms with E-state index >= 15 is 0 Å². The average Bonchev–Trinajstić information content (AvgIpc) is 2.30. The van der Waals surface area contributed by atoms with E-state index in [0.29, 0.717) is 5.75 Å². The Morgan fingerprint density at radius 1 is 1.25 bits per heavy atom. The molecule has 0 saturated heterocycles. The lowest BCUT2D eigenvalue weighted by molar-refractivity contribution is 0.481. The minimum absolute atomic E-state index is 0.0564. The molecule has 0 spiro atoms. The van der Waals surface area contributed by atoms with E-state index in [2.05, 4.69) is 0 Å². The predicted molar refractivity (Wildman–Crippen MR) is 68.2 cm³/mol. The molecule has 0 aromatic rings. The van der Waals surface area contributed by atoms with Gasteiger partial charge in [0.05, 0.1) is 11.0 Å². The lowest BCUT2D eigenvalue weighted by Crippen LogP contribution is -2.27. The maximum atomic E-state index is 12.0. The summed E-state index contributed by atoms with van der Waals surface area (Å²) in [6.07, 6.45) is 7.62. The second kappa shape index (κ2) is 6.60. The van der Waals surface area contributed by atoms with Crippen LogP contribution >= 0.6 is 0 Å². The van der Waals surface area contributed by atoms with Gasteiger partial charge < -0.3 is 5.73 Å².